The zero-order valence-electron chi connectivity index (χ0n) is 17.3. The van der Waals surface area contributed by atoms with Crippen LogP contribution in [-0.4, -0.2) is 24.3 Å². The first-order chi connectivity index (χ1) is 15.9. The van der Waals surface area contributed by atoms with Crippen molar-refractivity contribution in [1.29, 1.82) is 0 Å². The second kappa shape index (κ2) is 8.25. The number of carbonyl (C=O) groups is 1. The van der Waals surface area contributed by atoms with E-state index in [4.69, 9.17) is 0 Å². The first-order valence-corrected chi connectivity index (χ1v) is 11.8. The fourth-order valence-electron chi connectivity index (χ4n) is 3.83. The molecule has 0 bridgehead atoms. The number of hydrogen-bond donors (Lipinski definition) is 2. The largest absolute Gasteiger partial charge is 0.326 e. The number of rotatable bonds is 6. The minimum atomic E-state index is -4.13. The Bertz CT molecular complexity index is 1460. The highest BCUT2D eigenvalue weighted by Gasteiger charge is 2.44. The van der Waals surface area contributed by atoms with Crippen LogP contribution in [0.25, 0.3) is 10.8 Å². The number of fused-ring (bicyclic) bond motifs is 1. The number of nitrogens with zero attached hydrogens (tertiary/aromatic N) is 2. The van der Waals surface area contributed by atoms with Crippen LogP contribution in [0.3, 0.4) is 0 Å². The predicted molar refractivity (Wildman–Crippen MR) is 123 cm³/mol. The molecular formula is C24H19FN4O3S. The molecule has 1 amide bonds. The van der Waals surface area contributed by atoms with Gasteiger partial charge in [0.2, 0.25) is 5.91 Å². The molecule has 1 aliphatic carbocycles. The number of anilines is 2. The Morgan fingerprint density at radius 1 is 1.00 bits per heavy atom. The molecule has 33 heavy (non-hydrogen) atoms. The molecule has 2 N–H and O–H groups in total. The minimum absolute atomic E-state index is 0.102. The molecule has 0 radical (unpaired) electrons. The van der Waals surface area contributed by atoms with Crippen LogP contribution in [0.15, 0.2) is 84.1 Å². The van der Waals surface area contributed by atoms with E-state index in [1.54, 1.807) is 30.6 Å². The summed E-state index contributed by atoms with van der Waals surface area (Å²) in [6.07, 6.45) is 5.45. The fourth-order valence-corrected chi connectivity index (χ4v) is 4.90. The van der Waals surface area contributed by atoms with Crippen molar-refractivity contribution in [3.63, 3.8) is 0 Å². The number of carbonyl (C=O) groups excluding carboxylic acids is 1. The van der Waals surface area contributed by atoms with Crippen molar-refractivity contribution in [1.82, 2.24) is 9.97 Å². The number of pyridine rings is 2. The van der Waals surface area contributed by atoms with Gasteiger partial charge in [0.05, 0.1) is 0 Å². The summed E-state index contributed by atoms with van der Waals surface area (Å²) in [7, 11) is -4.13. The Morgan fingerprint density at radius 3 is 2.67 bits per heavy atom. The number of halogens is 1. The number of hydrogen-bond acceptors (Lipinski definition) is 5. The fraction of sp³-hybridized carbons (Fsp3) is 0.125. The average molecular weight is 463 g/mol. The van der Waals surface area contributed by atoms with Gasteiger partial charge in [0.25, 0.3) is 10.0 Å². The van der Waals surface area contributed by atoms with E-state index in [9.17, 15) is 17.6 Å². The van der Waals surface area contributed by atoms with Gasteiger partial charge in [-0.25, -0.2) is 17.8 Å². The minimum Gasteiger partial charge on any atom is -0.326 e. The van der Waals surface area contributed by atoms with Crippen molar-refractivity contribution >= 4 is 38.2 Å². The SMILES string of the molecule is O=C(Nc1ccc2cnccc2c1)[C@@H]1C[C@H]1c1ccc(S(=O)(=O)Nc2ccccn2)c(F)c1. The second-order valence-electron chi connectivity index (χ2n) is 7.89. The van der Waals surface area contributed by atoms with Crippen molar-refractivity contribution in [2.75, 3.05) is 10.0 Å². The molecule has 2 aromatic carbocycles. The number of sulfonamides is 1. The molecule has 0 spiro atoms. The second-order valence-corrected chi connectivity index (χ2v) is 9.54. The highest BCUT2D eigenvalue weighted by Crippen LogP contribution is 2.48. The summed E-state index contributed by atoms with van der Waals surface area (Å²) < 4.78 is 42.0. The lowest BCUT2D eigenvalue weighted by Crippen LogP contribution is -2.16. The third-order valence-electron chi connectivity index (χ3n) is 5.61. The van der Waals surface area contributed by atoms with Crippen LogP contribution in [0.5, 0.6) is 0 Å². The molecule has 9 heteroatoms. The maximum absolute atomic E-state index is 14.7. The molecule has 0 unspecified atom stereocenters. The van der Waals surface area contributed by atoms with E-state index in [0.29, 0.717) is 17.7 Å². The normalized spacial score (nSPS) is 17.5. The summed E-state index contributed by atoms with van der Waals surface area (Å²) in [5.74, 6) is -1.38. The molecule has 1 saturated carbocycles. The molecule has 2 atom stereocenters. The molecule has 4 aromatic rings. The highest BCUT2D eigenvalue weighted by molar-refractivity contribution is 7.92. The van der Waals surface area contributed by atoms with E-state index in [2.05, 4.69) is 20.0 Å². The Hall–Kier alpha value is -3.85. The lowest BCUT2D eigenvalue weighted by molar-refractivity contribution is -0.117. The average Bonchev–Trinajstić information content (AvgIpc) is 3.60. The van der Waals surface area contributed by atoms with Gasteiger partial charge in [-0.3, -0.25) is 14.5 Å². The predicted octanol–water partition coefficient (Wildman–Crippen LogP) is 4.31. The summed E-state index contributed by atoms with van der Waals surface area (Å²) in [6.45, 7) is 0. The van der Waals surface area contributed by atoms with Crippen molar-refractivity contribution in [3.05, 3.63) is 90.6 Å². The molecule has 2 aromatic heterocycles. The van der Waals surface area contributed by atoms with Crippen molar-refractivity contribution in [2.24, 2.45) is 5.92 Å². The summed E-state index contributed by atoms with van der Waals surface area (Å²) in [5.41, 5.74) is 1.27. The first kappa shape index (κ1) is 21.0. The molecule has 0 saturated heterocycles. The maximum Gasteiger partial charge on any atom is 0.265 e. The van der Waals surface area contributed by atoms with Crippen LogP contribution in [0.2, 0.25) is 0 Å². The maximum atomic E-state index is 14.7. The van der Waals surface area contributed by atoms with E-state index in [1.807, 2.05) is 24.3 Å². The standard InChI is InChI=1S/C24H19FN4O3S/c25-21-12-16(5-7-22(21)33(31,32)29-23-3-1-2-9-27-23)19-13-20(19)24(30)28-18-6-4-17-14-26-10-8-15(17)11-18/h1-12,14,19-20H,13H2,(H,27,29)(H,28,30)/t19-,20+/m0/s1. The van der Waals surface area contributed by atoms with Gasteiger partial charge >= 0.3 is 0 Å². The van der Waals surface area contributed by atoms with Crippen LogP contribution in [0.1, 0.15) is 17.9 Å². The molecule has 0 aliphatic heterocycles. The van der Waals surface area contributed by atoms with Gasteiger partial charge in [0, 0.05) is 35.6 Å². The van der Waals surface area contributed by atoms with Gasteiger partial charge in [0.1, 0.15) is 16.5 Å². The van der Waals surface area contributed by atoms with E-state index in [-0.39, 0.29) is 23.6 Å². The summed E-state index contributed by atoms with van der Waals surface area (Å²) >= 11 is 0. The Labute approximate surface area is 189 Å². The number of nitrogens with one attached hydrogen (secondary N) is 2. The molecule has 166 valence electrons. The molecule has 1 aliphatic rings. The topological polar surface area (TPSA) is 101 Å². The van der Waals surface area contributed by atoms with E-state index in [1.165, 1.54) is 24.4 Å². The molecule has 7 nitrogen and oxygen atoms in total. The third kappa shape index (κ3) is 4.40. The first-order valence-electron chi connectivity index (χ1n) is 10.3. The Morgan fingerprint density at radius 2 is 1.88 bits per heavy atom. The van der Waals surface area contributed by atoms with E-state index in [0.717, 1.165) is 10.8 Å². The van der Waals surface area contributed by atoms with Gasteiger partial charge in [-0.05, 0) is 65.8 Å². The quantitative estimate of drug-likeness (QED) is 0.445. The number of amides is 1. The van der Waals surface area contributed by atoms with Crippen LogP contribution in [0.4, 0.5) is 15.9 Å². The van der Waals surface area contributed by atoms with Crippen molar-refractivity contribution < 1.29 is 17.6 Å². The lowest BCUT2D eigenvalue weighted by Gasteiger charge is -2.10. The van der Waals surface area contributed by atoms with Gasteiger partial charge < -0.3 is 5.32 Å². The summed E-state index contributed by atoms with van der Waals surface area (Å²) in [6, 6.07) is 16.1. The third-order valence-corrected chi connectivity index (χ3v) is 7.00. The van der Waals surface area contributed by atoms with Gasteiger partial charge in [-0.1, -0.05) is 18.2 Å². The summed E-state index contributed by atoms with van der Waals surface area (Å²) in [4.78, 5) is 20.2. The number of benzene rings is 2. The Kier molecular flexibility index (Phi) is 5.26. The van der Waals surface area contributed by atoms with E-state index >= 15 is 0 Å². The Balaban J connectivity index is 1.28. The smallest absolute Gasteiger partial charge is 0.265 e. The van der Waals surface area contributed by atoms with Crippen LogP contribution < -0.4 is 10.0 Å². The van der Waals surface area contributed by atoms with Crippen LogP contribution >= 0.6 is 0 Å². The van der Waals surface area contributed by atoms with Crippen LogP contribution in [0, 0.1) is 11.7 Å². The van der Waals surface area contributed by atoms with Gasteiger partial charge in [-0.2, -0.15) is 0 Å². The molecule has 1 fully saturated rings. The van der Waals surface area contributed by atoms with Gasteiger partial charge in [-0.15, -0.1) is 0 Å². The lowest BCUT2D eigenvalue weighted by atomic mass is 10.1. The molecule has 2 heterocycles. The number of aromatic nitrogens is 2. The van der Waals surface area contributed by atoms with Crippen molar-refractivity contribution in [2.45, 2.75) is 17.2 Å². The highest BCUT2D eigenvalue weighted by atomic mass is 32.2. The summed E-state index contributed by atoms with van der Waals surface area (Å²) in [5, 5.41) is 4.85. The van der Waals surface area contributed by atoms with Crippen LogP contribution in [-0.2, 0) is 14.8 Å². The molecule has 5 rings (SSSR count). The zero-order chi connectivity index (χ0) is 23.0. The molecular weight excluding hydrogens is 443 g/mol. The van der Waals surface area contributed by atoms with Crippen molar-refractivity contribution in [3.8, 4) is 0 Å². The van der Waals surface area contributed by atoms with Gasteiger partial charge in [0.15, 0.2) is 0 Å². The monoisotopic (exact) mass is 462 g/mol. The van der Waals surface area contributed by atoms with E-state index < -0.39 is 20.7 Å². The zero-order valence-corrected chi connectivity index (χ0v) is 18.1.